The minimum atomic E-state index is -4.11. The summed E-state index contributed by atoms with van der Waals surface area (Å²) in [6.45, 7) is 3.73. The number of rotatable bonds is 3. The van der Waals surface area contributed by atoms with E-state index in [1.165, 1.54) is 4.90 Å². The van der Waals surface area contributed by atoms with Crippen LogP contribution in [0.1, 0.15) is 6.92 Å². The van der Waals surface area contributed by atoms with Gasteiger partial charge >= 0.3 is 6.18 Å². The lowest BCUT2D eigenvalue weighted by molar-refractivity contribution is -0.149. The van der Waals surface area contributed by atoms with Crippen molar-refractivity contribution < 1.29 is 13.2 Å². The van der Waals surface area contributed by atoms with Gasteiger partial charge in [0.1, 0.15) is 0 Å². The maximum Gasteiger partial charge on any atom is 0.401 e. The number of nitriles is 1. The maximum atomic E-state index is 12.1. The van der Waals surface area contributed by atoms with E-state index in [1.807, 2.05) is 11.8 Å². The average molecular weight is 235 g/mol. The number of hydrogen-bond acceptors (Lipinski definition) is 3. The molecule has 0 amide bonds. The Kier molecular flexibility index (Phi) is 4.56. The number of halogens is 3. The molecule has 0 radical (unpaired) electrons. The van der Waals surface area contributed by atoms with E-state index in [1.54, 1.807) is 0 Å². The third-order valence-corrected chi connectivity index (χ3v) is 2.62. The third kappa shape index (κ3) is 4.81. The Morgan fingerprint density at radius 1 is 1.19 bits per heavy atom. The van der Waals surface area contributed by atoms with Crippen LogP contribution < -0.4 is 0 Å². The van der Waals surface area contributed by atoms with Gasteiger partial charge in [-0.3, -0.25) is 9.80 Å². The van der Waals surface area contributed by atoms with Crippen LogP contribution in [0.15, 0.2) is 0 Å². The molecule has 1 rings (SSSR count). The number of hydrogen-bond donors (Lipinski definition) is 0. The molecule has 0 aromatic heterocycles. The SMILES string of the molecule is CC(C#N)CN1CCN(CC(F)(F)F)CC1. The molecule has 1 aliphatic heterocycles. The van der Waals surface area contributed by atoms with Gasteiger partial charge in [-0.15, -0.1) is 0 Å². The van der Waals surface area contributed by atoms with E-state index in [4.69, 9.17) is 5.26 Å². The average Bonchev–Trinajstić information content (AvgIpc) is 2.18. The van der Waals surface area contributed by atoms with E-state index in [0.29, 0.717) is 32.7 Å². The second-order valence-electron chi connectivity index (χ2n) is 4.22. The van der Waals surface area contributed by atoms with E-state index >= 15 is 0 Å². The van der Waals surface area contributed by atoms with Gasteiger partial charge in [0.15, 0.2) is 0 Å². The fraction of sp³-hybridized carbons (Fsp3) is 0.900. The Morgan fingerprint density at radius 3 is 2.12 bits per heavy atom. The summed E-state index contributed by atoms with van der Waals surface area (Å²) in [5.41, 5.74) is 0. The molecule has 16 heavy (non-hydrogen) atoms. The second-order valence-corrected chi connectivity index (χ2v) is 4.22. The molecular weight excluding hydrogens is 219 g/mol. The Hall–Kier alpha value is -0.800. The lowest BCUT2D eigenvalue weighted by atomic mass is 10.2. The second kappa shape index (κ2) is 5.51. The van der Waals surface area contributed by atoms with Crippen LogP contribution in [-0.4, -0.2) is 55.2 Å². The van der Waals surface area contributed by atoms with Gasteiger partial charge in [-0.1, -0.05) is 0 Å². The van der Waals surface area contributed by atoms with Crippen molar-refractivity contribution in [3.05, 3.63) is 0 Å². The summed E-state index contributed by atoms with van der Waals surface area (Å²) < 4.78 is 36.3. The van der Waals surface area contributed by atoms with Crippen molar-refractivity contribution in [2.45, 2.75) is 13.1 Å². The summed E-state index contributed by atoms with van der Waals surface area (Å²) in [7, 11) is 0. The number of nitrogens with zero attached hydrogens (tertiary/aromatic N) is 3. The molecular formula is C10H16F3N3. The first kappa shape index (κ1) is 13.3. The van der Waals surface area contributed by atoms with Gasteiger partial charge in [-0.25, -0.2) is 0 Å². The zero-order chi connectivity index (χ0) is 12.2. The third-order valence-electron chi connectivity index (χ3n) is 2.62. The Labute approximate surface area is 93.4 Å². The lowest BCUT2D eigenvalue weighted by Crippen LogP contribution is -2.49. The summed E-state index contributed by atoms with van der Waals surface area (Å²) in [6.07, 6.45) is -4.11. The van der Waals surface area contributed by atoms with Crippen molar-refractivity contribution >= 4 is 0 Å². The number of piperazine rings is 1. The molecule has 0 spiro atoms. The first-order valence-electron chi connectivity index (χ1n) is 5.32. The van der Waals surface area contributed by atoms with Gasteiger partial charge in [0.25, 0.3) is 0 Å². The molecule has 3 nitrogen and oxygen atoms in total. The molecule has 1 saturated heterocycles. The lowest BCUT2D eigenvalue weighted by Gasteiger charge is -2.35. The van der Waals surface area contributed by atoms with E-state index < -0.39 is 12.7 Å². The fourth-order valence-corrected chi connectivity index (χ4v) is 1.81. The zero-order valence-corrected chi connectivity index (χ0v) is 9.30. The van der Waals surface area contributed by atoms with Crippen LogP contribution in [0.25, 0.3) is 0 Å². The molecule has 0 bridgehead atoms. The summed E-state index contributed by atoms with van der Waals surface area (Å²) >= 11 is 0. The summed E-state index contributed by atoms with van der Waals surface area (Å²) in [6, 6.07) is 2.13. The topological polar surface area (TPSA) is 30.3 Å². The molecule has 0 aromatic rings. The van der Waals surface area contributed by atoms with Crippen molar-refractivity contribution in [1.29, 1.82) is 5.26 Å². The van der Waals surface area contributed by atoms with Gasteiger partial charge in [-0.2, -0.15) is 18.4 Å². The van der Waals surface area contributed by atoms with Crippen molar-refractivity contribution in [3.8, 4) is 6.07 Å². The Balaban J connectivity index is 2.27. The zero-order valence-electron chi connectivity index (χ0n) is 9.30. The van der Waals surface area contributed by atoms with Crippen molar-refractivity contribution in [1.82, 2.24) is 9.80 Å². The molecule has 0 aliphatic carbocycles. The molecule has 1 aliphatic rings. The highest BCUT2D eigenvalue weighted by atomic mass is 19.4. The Morgan fingerprint density at radius 2 is 1.69 bits per heavy atom. The van der Waals surface area contributed by atoms with Crippen LogP contribution >= 0.6 is 0 Å². The van der Waals surface area contributed by atoms with Gasteiger partial charge < -0.3 is 0 Å². The molecule has 1 fully saturated rings. The summed E-state index contributed by atoms with van der Waals surface area (Å²) in [5.74, 6) is -0.0610. The molecule has 92 valence electrons. The standard InChI is InChI=1S/C10H16F3N3/c1-9(6-14)7-15-2-4-16(5-3-15)8-10(11,12)13/h9H,2-5,7-8H2,1H3. The monoisotopic (exact) mass is 235 g/mol. The van der Waals surface area contributed by atoms with Crippen LogP contribution in [0.3, 0.4) is 0 Å². The van der Waals surface area contributed by atoms with Crippen molar-refractivity contribution in [2.75, 3.05) is 39.3 Å². The van der Waals surface area contributed by atoms with Gasteiger partial charge in [0.2, 0.25) is 0 Å². The van der Waals surface area contributed by atoms with Crippen LogP contribution in [0, 0.1) is 17.2 Å². The highest BCUT2D eigenvalue weighted by molar-refractivity contribution is 4.83. The normalized spacial score (nSPS) is 21.7. The maximum absolute atomic E-state index is 12.1. The van der Waals surface area contributed by atoms with E-state index in [9.17, 15) is 13.2 Å². The first-order valence-corrected chi connectivity index (χ1v) is 5.32. The largest absolute Gasteiger partial charge is 0.401 e. The van der Waals surface area contributed by atoms with E-state index in [-0.39, 0.29) is 5.92 Å². The highest BCUT2D eigenvalue weighted by Gasteiger charge is 2.32. The quantitative estimate of drug-likeness (QED) is 0.739. The minimum Gasteiger partial charge on any atom is -0.300 e. The molecule has 0 saturated carbocycles. The van der Waals surface area contributed by atoms with Crippen LogP contribution in [0.2, 0.25) is 0 Å². The van der Waals surface area contributed by atoms with Gasteiger partial charge in [0.05, 0.1) is 18.5 Å². The predicted molar refractivity (Wildman–Crippen MR) is 53.7 cm³/mol. The molecule has 0 aromatic carbocycles. The molecule has 1 unspecified atom stereocenters. The molecule has 1 atom stereocenters. The first-order chi connectivity index (χ1) is 7.40. The number of alkyl halides is 3. The van der Waals surface area contributed by atoms with Crippen molar-refractivity contribution in [3.63, 3.8) is 0 Å². The fourth-order valence-electron chi connectivity index (χ4n) is 1.81. The van der Waals surface area contributed by atoms with Gasteiger partial charge in [0, 0.05) is 32.7 Å². The highest BCUT2D eigenvalue weighted by Crippen LogP contribution is 2.17. The van der Waals surface area contributed by atoms with Crippen LogP contribution in [0.4, 0.5) is 13.2 Å². The summed E-state index contributed by atoms with van der Waals surface area (Å²) in [5, 5.41) is 8.63. The molecule has 1 heterocycles. The smallest absolute Gasteiger partial charge is 0.300 e. The van der Waals surface area contributed by atoms with Crippen molar-refractivity contribution in [2.24, 2.45) is 5.92 Å². The van der Waals surface area contributed by atoms with Gasteiger partial charge in [-0.05, 0) is 6.92 Å². The predicted octanol–water partition coefficient (Wildman–Crippen LogP) is 1.33. The minimum absolute atomic E-state index is 0.0610. The van der Waals surface area contributed by atoms with Crippen LogP contribution in [-0.2, 0) is 0 Å². The summed E-state index contributed by atoms with van der Waals surface area (Å²) in [4.78, 5) is 3.45. The van der Waals surface area contributed by atoms with E-state index in [0.717, 1.165) is 0 Å². The van der Waals surface area contributed by atoms with Crippen LogP contribution in [0.5, 0.6) is 0 Å². The molecule has 6 heteroatoms. The van der Waals surface area contributed by atoms with E-state index in [2.05, 4.69) is 6.07 Å². The Bertz CT molecular complexity index is 251. The molecule has 0 N–H and O–H groups in total.